The Morgan fingerprint density at radius 3 is 2.83 bits per heavy atom. The number of carbonyl (C=O) groups excluding carboxylic acids is 2. The molecule has 192 valence electrons. The fourth-order valence-corrected chi connectivity index (χ4v) is 4.31. The number of ketones is 1. The highest BCUT2D eigenvalue weighted by Gasteiger charge is 2.33. The average molecular weight is 501 g/mol. The van der Waals surface area contributed by atoms with Crippen LogP contribution in [0.1, 0.15) is 53.7 Å². The second-order valence-electron chi connectivity index (χ2n) is 8.81. The van der Waals surface area contributed by atoms with Crippen molar-refractivity contribution in [3.05, 3.63) is 63.6 Å². The van der Waals surface area contributed by atoms with Crippen molar-refractivity contribution in [3.8, 4) is 11.5 Å². The van der Waals surface area contributed by atoms with E-state index in [0.29, 0.717) is 18.4 Å². The molecule has 0 fully saturated rings. The zero-order valence-electron chi connectivity index (χ0n) is 20.2. The lowest BCUT2D eigenvalue weighted by Gasteiger charge is -2.27. The van der Waals surface area contributed by atoms with Crippen LogP contribution >= 0.6 is 0 Å². The maximum Gasteiger partial charge on any atom is 0.296 e. The molecule has 11 heteroatoms. The first-order valence-corrected chi connectivity index (χ1v) is 11.8. The van der Waals surface area contributed by atoms with Gasteiger partial charge in [0.15, 0.2) is 11.5 Å². The summed E-state index contributed by atoms with van der Waals surface area (Å²) in [5, 5.41) is 13.3. The van der Waals surface area contributed by atoms with Gasteiger partial charge in [-0.05, 0) is 32.0 Å². The molecule has 1 aromatic carbocycles. The normalized spacial score (nSPS) is 22.5. The van der Waals surface area contributed by atoms with Gasteiger partial charge in [0.05, 0.1) is 38.4 Å². The van der Waals surface area contributed by atoms with Crippen LogP contribution in [0.15, 0.2) is 35.1 Å². The van der Waals surface area contributed by atoms with Gasteiger partial charge >= 0.3 is 0 Å². The molecule has 1 unspecified atom stereocenters. The van der Waals surface area contributed by atoms with Crippen LogP contribution in [-0.2, 0) is 16.1 Å². The predicted molar refractivity (Wildman–Crippen MR) is 128 cm³/mol. The van der Waals surface area contributed by atoms with E-state index in [2.05, 4.69) is 10.3 Å². The number of aromatic hydroxyl groups is 1. The second kappa shape index (κ2) is 11.0. The molecule has 4 rings (SSSR count). The van der Waals surface area contributed by atoms with E-state index >= 15 is 0 Å². The Balaban J connectivity index is 1.81. The van der Waals surface area contributed by atoms with Gasteiger partial charge in [0.25, 0.3) is 11.5 Å². The Morgan fingerprint density at radius 2 is 2.06 bits per heavy atom. The Hall–Kier alpha value is -3.57. The van der Waals surface area contributed by atoms with Crippen molar-refractivity contribution < 1.29 is 28.6 Å². The summed E-state index contributed by atoms with van der Waals surface area (Å²) in [6.07, 6.45) is 4.08. The van der Waals surface area contributed by atoms with Gasteiger partial charge in [0, 0.05) is 18.2 Å². The van der Waals surface area contributed by atoms with Crippen molar-refractivity contribution in [1.29, 1.82) is 0 Å². The van der Waals surface area contributed by atoms with Crippen LogP contribution in [0.25, 0.3) is 0 Å². The van der Waals surface area contributed by atoms with Crippen molar-refractivity contribution in [2.75, 3.05) is 33.4 Å². The quantitative estimate of drug-likeness (QED) is 0.609. The first-order valence-electron chi connectivity index (χ1n) is 11.8. The molecule has 3 heterocycles. The van der Waals surface area contributed by atoms with Crippen molar-refractivity contribution in [3.63, 3.8) is 0 Å². The summed E-state index contributed by atoms with van der Waals surface area (Å²) in [6.45, 7) is 2.41. The highest BCUT2D eigenvalue weighted by Crippen LogP contribution is 2.28. The van der Waals surface area contributed by atoms with Gasteiger partial charge in [-0.1, -0.05) is 19.1 Å². The number of ether oxygens (including phenoxy) is 2. The van der Waals surface area contributed by atoms with Crippen LogP contribution in [0, 0.1) is 5.82 Å². The van der Waals surface area contributed by atoms with Crippen LogP contribution < -0.4 is 15.6 Å². The third-order valence-electron chi connectivity index (χ3n) is 6.31. The first kappa shape index (κ1) is 25.5. The van der Waals surface area contributed by atoms with E-state index in [9.17, 15) is 23.9 Å². The number of aromatic nitrogens is 2. The van der Waals surface area contributed by atoms with E-state index in [1.54, 1.807) is 18.0 Å². The molecule has 2 aliphatic rings. The fraction of sp³-hybridized carbons (Fsp3) is 0.440. The van der Waals surface area contributed by atoms with Gasteiger partial charge in [0.1, 0.15) is 17.4 Å². The topological polar surface area (TPSA) is 123 Å². The standard InChI is InChI=1S/C25H29FN4O6/c1-3-17-13-35-14-19-23-28-21(22(32)25(34)30(17)23)24(33)27-11-15-7-8-16(26)10-20(15)36-9-5-4-6-18(31)12-29(19)2/h4,6-8,10,17,19,32H,3,5,9,11-14H2,1-2H3,(H,27,33)/b6-4+/t17-,19?/m0/s1. The monoisotopic (exact) mass is 500 g/mol. The lowest BCUT2D eigenvalue weighted by atomic mass is 10.1. The smallest absolute Gasteiger partial charge is 0.296 e. The van der Waals surface area contributed by atoms with Gasteiger partial charge in [-0.2, -0.15) is 0 Å². The number of nitrogens with zero attached hydrogens (tertiary/aromatic N) is 3. The number of halogens is 1. The lowest BCUT2D eigenvalue weighted by molar-refractivity contribution is -0.116. The molecular weight excluding hydrogens is 471 g/mol. The highest BCUT2D eigenvalue weighted by atomic mass is 19.1. The molecule has 10 nitrogen and oxygen atoms in total. The van der Waals surface area contributed by atoms with Crippen molar-refractivity contribution in [1.82, 2.24) is 19.8 Å². The Kier molecular flexibility index (Phi) is 7.80. The van der Waals surface area contributed by atoms with Gasteiger partial charge in [-0.15, -0.1) is 0 Å². The number of hydrogen-bond donors (Lipinski definition) is 2. The largest absolute Gasteiger partial charge is 0.501 e. The highest BCUT2D eigenvalue weighted by molar-refractivity contribution is 5.94. The number of amides is 1. The second-order valence-corrected chi connectivity index (χ2v) is 8.81. The predicted octanol–water partition coefficient (Wildman–Crippen LogP) is 1.88. The number of benzene rings is 1. The lowest BCUT2D eigenvalue weighted by Crippen LogP contribution is -2.38. The SMILES string of the molecule is CC[C@H]1COCC2c3nc(c(O)c(=O)n31)C(=O)NCc1ccc(F)cc1OCC/C=C/C(=O)CN2C. The minimum absolute atomic E-state index is 0.00843. The zero-order chi connectivity index (χ0) is 25.8. The molecule has 2 aliphatic heterocycles. The number of carbonyl (C=O) groups is 2. The summed E-state index contributed by atoms with van der Waals surface area (Å²) in [7, 11) is 1.71. The molecule has 2 bridgehead atoms. The summed E-state index contributed by atoms with van der Waals surface area (Å²) >= 11 is 0. The molecule has 0 spiro atoms. The van der Waals surface area contributed by atoms with E-state index < -0.39 is 40.8 Å². The van der Waals surface area contributed by atoms with Crippen LogP contribution in [0.3, 0.4) is 0 Å². The number of likely N-dealkylation sites (N-methyl/N-ethyl adjacent to an activating group) is 1. The number of hydrogen-bond acceptors (Lipinski definition) is 8. The molecule has 2 atom stereocenters. The molecule has 1 aromatic heterocycles. The summed E-state index contributed by atoms with van der Waals surface area (Å²) in [5.74, 6) is -1.76. The van der Waals surface area contributed by atoms with Crippen molar-refractivity contribution in [2.24, 2.45) is 0 Å². The van der Waals surface area contributed by atoms with Gasteiger partial charge < -0.3 is 19.9 Å². The van der Waals surface area contributed by atoms with Crippen molar-refractivity contribution >= 4 is 11.7 Å². The fourth-order valence-electron chi connectivity index (χ4n) is 4.31. The Labute approximate surface area is 207 Å². The maximum absolute atomic E-state index is 13.8. The molecule has 1 amide bonds. The van der Waals surface area contributed by atoms with Gasteiger partial charge in [0.2, 0.25) is 5.75 Å². The molecule has 36 heavy (non-hydrogen) atoms. The Bertz CT molecular complexity index is 1240. The zero-order valence-corrected chi connectivity index (χ0v) is 20.2. The molecule has 0 radical (unpaired) electrons. The number of rotatable bonds is 1. The van der Waals surface area contributed by atoms with Crippen molar-refractivity contribution in [2.45, 2.75) is 38.4 Å². The summed E-state index contributed by atoms with van der Waals surface area (Å²) in [6, 6.07) is 2.92. The summed E-state index contributed by atoms with van der Waals surface area (Å²) in [5.41, 5.74) is -0.686. The van der Waals surface area contributed by atoms with E-state index in [1.807, 2.05) is 6.92 Å². The van der Waals surface area contributed by atoms with E-state index in [-0.39, 0.29) is 50.3 Å². The van der Waals surface area contributed by atoms with Gasteiger partial charge in [-0.3, -0.25) is 23.9 Å². The molecule has 0 saturated carbocycles. The molecular formula is C25H29FN4O6. The van der Waals surface area contributed by atoms with E-state index in [4.69, 9.17) is 9.47 Å². The van der Waals surface area contributed by atoms with Crippen LogP contribution in [0.2, 0.25) is 0 Å². The number of nitrogens with one attached hydrogen (secondary N) is 1. The molecule has 2 aromatic rings. The minimum Gasteiger partial charge on any atom is -0.501 e. The average Bonchev–Trinajstić information content (AvgIpc) is 3.04. The Morgan fingerprint density at radius 1 is 1.25 bits per heavy atom. The number of fused-ring (bicyclic) bond motifs is 2. The molecule has 2 N–H and O–H groups in total. The third kappa shape index (κ3) is 5.31. The van der Waals surface area contributed by atoms with Crippen LogP contribution in [-0.4, -0.2) is 64.7 Å². The van der Waals surface area contributed by atoms with E-state index in [0.717, 1.165) is 0 Å². The van der Waals surface area contributed by atoms with E-state index in [1.165, 1.54) is 28.8 Å². The summed E-state index contributed by atoms with van der Waals surface area (Å²) in [4.78, 5) is 45.0. The van der Waals surface area contributed by atoms with Crippen LogP contribution in [0.5, 0.6) is 11.5 Å². The van der Waals surface area contributed by atoms with Crippen LogP contribution in [0.4, 0.5) is 4.39 Å². The molecule has 0 aliphatic carbocycles. The minimum atomic E-state index is -0.773. The first-order chi connectivity index (χ1) is 17.3. The van der Waals surface area contributed by atoms with Gasteiger partial charge in [-0.25, -0.2) is 9.37 Å². The summed E-state index contributed by atoms with van der Waals surface area (Å²) < 4.78 is 26.7. The molecule has 0 saturated heterocycles. The third-order valence-corrected chi connectivity index (χ3v) is 6.31. The maximum atomic E-state index is 13.8.